The fourth-order valence-corrected chi connectivity index (χ4v) is 4.27. The lowest BCUT2D eigenvalue weighted by molar-refractivity contribution is -0.132. The fourth-order valence-electron chi connectivity index (χ4n) is 4.27. The number of hydrogen-bond donors (Lipinski definition) is 1. The fraction of sp³-hybridized carbons (Fsp3) is 0.480. The molecule has 4 rings (SSSR count). The van der Waals surface area contributed by atoms with Crippen molar-refractivity contribution in [1.82, 2.24) is 15.2 Å². The van der Waals surface area contributed by atoms with Gasteiger partial charge in [0.15, 0.2) is 0 Å². The van der Waals surface area contributed by atoms with Crippen LogP contribution in [0.5, 0.6) is 0 Å². The van der Waals surface area contributed by atoms with Gasteiger partial charge in [-0.1, -0.05) is 6.58 Å². The normalized spacial score (nSPS) is 18.0. The summed E-state index contributed by atoms with van der Waals surface area (Å²) in [5, 5.41) is 12.5. The minimum absolute atomic E-state index is 0.133. The number of nitrogens with one attached hydrogen (secondary N) is 1. The number of methoxy groups -OCH3 is 1. The van der Waals surface area contributed by atoms with Crippen LogP contribution in [0, 0.1) is 11.3 Å². The van der Waals surface area contributed by atoms with Crippen LogP contribution in [0.2, 0.25) is 0 Å². The highest BCUT2D eigenvalue weighted by molar-refractivity contribution is 5.82. The Morgan fingerprint density at radius 3 is 2.31 bits per heavy atom. The van der Waals surface area contributed by atoms with Gasteiger partial charge >= 0.3 is 6.18 Å². The summed E-state index contributed by atoms with van der Waals surface area (Å²) in [6.45, 7) is 8.25. The Balaban J connectivity index is 0.000000205. The number of benzene rings is 1. The largest absolute Gasteiger partial charge is 0.420 e. The van der Waals surface area contributed by atoms with Gasteiger partial charge < -0.3 is 19.4 Å². The zero-order chi connectivity index (χ0) is 26.1. The molecule has 2 fully saturated rings. The lowest BCUT2D eigenvalue weighted by atomic mass is 10.1. The van der Waals surface area contributed by atoms with Gasteiger partial charge in [0.2, 0.25) is 5.91 Å². The maximum Gasteiger partial charge on any atom is 0.420 e. The van der Waals surface area contributed by atoms with Crippen molar-refractivity contribution < 1.29 is 22.7 Å². The number of halogens is 3. The molecule has 0 radical (unpaired) electrons. The number of hydrazone groups is 1. The van der Waals surface area contributed by atoms with E-state index >= 15 is 0 Å². The van der Waals surface area contributed by atoms with Crippen LogP contribution in [0.1, 0.15) is 24.8 Å². The number of ether oxygens (including phenoxy) is 1. The van der Waals surface area contributed by atoms with Gasteiger partial charge in [-0.05, 0) is 37.1 Å². The molecule has 8 nitrogen and oxygen atoms in total. The summed E-state index contributed by atoms with van der Waals surface area (Å²) in [6, 6.07) is 9.68. The van der Waals surface area contributed by atoms with Gasteiger partial charge in [-0.15, -0.1) is 0 Å². The molecule has 0 aliphatic carbocycles. The van der Waals surface area contributed by atoms with Crippen LogP contribution in [-0.2, 0) is 9.53 Å². The molecule has 1 N–H and O–H groups in total. The molecule has 0 bridgehead atoms. The number of amides is 1. The van der Waals surface area contributed by atoms with E-state index in [4.69, 9.17) is 10.00 Å². The average molecular weight is 505 g/mol. The van der Waals surface area contributed by atoms with E-state index in [1.165, 1.54) is 6.21 Å². The second-order valence-corrected chi connectivity index (χ2v) is 8.57. The molecule has 2 saturated heterocycles. The number of likely N-dealkylation sites (tertiary alicyclic amines) is 1. The molecule has 1 amide bonds. The molecule has 3 aliphatic rings. The van der Waals surface area contributed by atoms with Gasteiger partial charge in [-0.2, -0.15) is 23.5 Å². The number of anilines is 1. The van der Waals surface area contributed by atoms with Crippen molar-refractivity contribution in [3.05, 3.63) is 53.4 Å². The third kappa shape index (κ3) is 7.01. The maximum absolute atomic E-state index is 12.8. The number of piperazine rings is 1. The van der Waals surface area contributed by atoms with Crippen molar-refractivity contribution in [2.24, 2.45) is 5.10 Å². The van der Waals surface area contributed by atoms with E-state index in [1.54, 1.807) is 12.0 Å². The number of alkyl halides is 3. The van der Waals surface area contributed by atoms with Gasteiger partial charge in [0, 0.05) is 52.1 Å². The van der Waals surface area contributed by atoms with Crippen LogP contribution in [0.3, 0.4) is 0 Å². The standard InChI is InChI=1S/C15H19N3O2.C10H12F3N3/c1-20-11-6-15(19)18-9-7-17(8-10-18)14-4-2-13(12-16)3-5-14;1-7-9(10(11,12)13)8(6-14-15-7)16-4-2-3-5-16/h2-5H,6-11H2,1H3;6,15H,1-5H2. The molecular weight excluding hydrogens is 473 g/mol. The van der Waals surface area contributed by atoms with Crippen LogP contribution >= 0.6 is 0 Å². The van der Waals surface area contributed by atoms with Crippen LogP contribution in [-0.4, -0.2) is 81.1 Å². The van der Waals surface area contributed by atoms with Gasteiger partial charge in [0.1, 0.15) is 5.57 Å². The Hall–Kier alpha value is -3.52. The number of nitrogens with zero attached hydrogens (tertiary/aromatic N) is 5. The maximum atomic E-state index is 12.8. The number of carbonyl (C=O) groups is 1. The van der Waals surface area contributed by atoms with Gasteiger partial charge in [-0.25, -0.2) is 0 Å². The van der Waals surface area contributed by atoms with Gasteiger partial charge in [0.05, 0.1) is 42.3 Å². The Labute approximate surface area is 209 Å². The van der Waals surface area contributed by atoms with E-state index in [0.29, 0.717) is 31.7 Å². The predicted octanol–water partition coefficient (Wildman–Crippen LogP) is 3.24. The number of allylic oxidation sites excluding steroid dienone is 2. The van der Waals surface area contributed by atoms with E-state index < -0.39 is 11.7 Å². The lowest BCUT2D eigenvalue weighted by Gasteiger charge is -2.36. The van der Waals surface area contributed by atoms with Crippen molar-refractivity contribution >= 4 is 17.8 Å². The molecule has 194 valence electrons. The molecule has 1 aromatic rings. The van der Waals surface area contributed by atoms with Crippen molar-refractivity contribution in [2.45, 2.75) is 25.4 Å². The number of hydrogen-bond acceptors (Lipinski definition) is 7. The summed E-state index contributed by atoms with van der Waals surface area (Å²) in [6.07, 6.45) is -0.880. The zero-order valence-electron chi connectivity index (χ0n) is 20.4. The summed E-state index contributed by atoms with van der Waals surface area (Å²) < 4.78 is 43.5. The van der Waals surface area contributed by atoms with Crippen LogP contribution in [0.4, 0.5) is 18.9 Å². The topological polar surface area (TPSA) is 84.2 Å². The lowest BCUT2D eigenvalue weighted by Crippen LogP contribution is -2.49. The Kier molecular flexibility index (Phi) is 9.36. The Bertz CT molecular complexity index is 1020. The van der Waals surface area contributed by atoms with Crippen LogP contribution in [0.15, 0.2) is 52.9 Å². The summed E-state index contributed by atoms with van der Waals surface area (Å²) >= 11 is 0. The van der Waals surface area contributed by atoms with E-state index in [-0.39, 0.29) is 17.3 Å². The Morgan fingerprint density at radius 2 is 1.75 bits per heavy atom. The highest BCUT2D eigenvalue weighted by Gasteiger charge is 2.40. The average Bonchev–Trinajstić information content (AvgIpc) is 3.42. The third-order valence-corrected chi connectivity index (χ3v) is 6.19. The third-order valence-electron chi connectivity index (χ3n) is 6.19. The monoisotopic (exact) mass is 504 g/mol. The number of rotatable bonds is 5. The summed E-state index contributed by atoms with van der Waals surface area (Å²) in [7, 11) is 1.61. The van der Waals surface area contributed by atoms with Crippen LogP contribution < -0.4 is 10.3 Å². The van der Waals surface area contributed by atoms with E-state index in [0.717, 1.165) is 44.7 Å². The highest BCUT2D eigenvalue weighted by Crippen LogP contribution is 2.35. The molecule has 0 saturated carbocycles. The first kappa shape index (κ1) is 27.1. The molecule has 0 spiro atoms. The second-order valence-electron chi connectivity index (χ2n) is 8.57. The molecule has 36 heavy (non-hydrogen) atoms. The molecule has 0 atom stereocenters. The minimum atomic E-state index is -4.39. The molecule has 0 aromatic heterocycles. The summed E-state index contributed by atoms with van der Waals surface area (Å²) in [5.41, 5.74) is 3.28. The quantitative estimate of drug-likeness (QED) is 0.663. The van der Waals surface area contributed by atoms with Gasteiger partial charge in [-0.3, -0.25) is 10.2 Å². The first-order valence-corrected chi connectivity index (χ1v) is 11.8. The van der Waals surface area contributed by atoms with E-state index in [2.05, 4.69) is 28.1 Å². The van der Waals surface area contributed by atoms with Crippen molar-refractivity contribution in [3.8, 4) is 6.07 Å². The summed E-state index contributed by atoms with van der Waals surface area (Å²) in [5.74, 6) is 0.159. The molecule has 3 heterocycles. The first-order chi connectivity index (χ1) is 17.2. The SMILES string of the molecule is C=C1NN=CC(N2CCCC2)=C1C(F)(F)F.COCCC(=O)N1CCN(c2ccc(C#N)cc2)CC1. The van der Waals surface area contributed by atoms with Gasteiger partial charge in [0.25, 0.3) is 0 Å². The van der Waals surface area contributed by atoms with E-state index in [1.807, 2.05) is 29.2 Å². The molecule has 11 heteroatoms. The minimum Gasteiger partial charge on any atom is -0.384 e. The smallest absolute Gasteiger partial charge is 0.384 e. The highest BCUT2D eigenvalue weighted by atomic mass is 19.4. The summed E-state index contributed by atoms with van der Waals surface area (Å²) in [4.78, 5) is 17.7. The predicted molar refractivity (Wildman–Crippen MR) is 131 cm³/mol. The number of carbonyl (C=O) groups excluding carboxylic acids is 1. The molecule has 3 aliphatic heterocycles. The van der Waals surface area contributed by atoms with Crippen LogP contribution in [0.25, 0.3) is 0 Å². The second kappa shape index (κ2) is 12.4. The first-order valence-electron chi connectivity index (χ1n) is 11.8. The van der Waals surface area contributed by atoms with Crippen molar-refractivity contribution in [2.75, 3.05) is 57.9 Å². The Morgan fingerprint density at radius 1 is 1.11 bits per heavy atom. The van der Waals surface area contributed by atoms with Crippen molar-refractivity contribution in [3.63, 3.8) is 0 Å². The van der Waals surface area contributed by atoms with E-state index in [9.17, 15) is 18.0 Å². The molecule has 1 aromatic carbocycles. The number of nitriles is 1. The molecular formula is C25H31F3N6O2. The zero-order valence-corrected chi connectivity index (χ0v) is 20.4. The van der Waals surface area contributed by atoms with Crippen molar-refractivity contribution in [1.29, 1.82) is 5.26 Å². The molecule has 0 unspecified atom stereocenters.